The van der Waals surface area contributed by atoms with Crippen LogP contribution in [0.25, 0.3) is 10.9 Å². The zero-order chi connectivity index (χ0) is 16.2. The molecule has 0 bridgehead atoms. The van der Waals surface area contributed by atoms with Crippen molar-refractivity contribution >= 4 is 22.2 Å². The van der Waals surface area contributed by atoms with Gasteiger partial charge in [-0.2, -0.15) is 0 Å². The lowest BCUT2D eigenvalue weighted by Crippen LogP contribution is -2.30. The Morgan fingerprint density at radius 1 is 1.29 bits per heavy atom. The highest BCUT2D eigenvalue weighted by Crippen LogP contribution is 2.20. The summed E-state index contributed by atoms with van der Waals surface area (Å²) in [6.07, 6.45) is 4.87. The minimum Gasteiger partial charge on any atom is -0.380 e. The number of aromatic nitrogens is 2. The largest absolute Gasteiger partial charge is 0.380 e. The predicted molar refractivity (Wildman–Crippen MR) is 97.1 cm³/mol. The Labute approximate surface area is 146 Å². The lowest BCUT2D eigenvalue weighted by molar-refractivity contribution is 0.122. The molecule has 0 saturated carbocycles. The maximum atomic E-state index is 5.85. The number of hydrogen-bond acceptors (Lipinski definition) is 5. The van der Waals surface area contributed by atoms with Crippen molar-refractivity contribution in [1.29, 1.82) is 0 Å². The molecule has 1 atom stereocenters. The normalized spacial score (nSPS) is 19.4. The molecule has 4 rings (SSSR count). The Kier molecular flexibility index (Phi) is 4.83. The third-order valence-corrected chi connectivity index (χ3v) is 5.24. The van der Waals surface area contributed by atoms with E-state index in [4.69, 9.17) is 4.74 Å². The summed E-state index contributed by atoms with van der Waals surface area (Å²) in [6.45, 7) is 4.70. The van der Waals surface area contributed by atoms with Crippen LogP contribution < -0.4 is 0 Å². The number of ether oxygens (including phenoxy) is 1. The Balaban J connectivity index is 1.45. The highest BCUT2D eigenvalue weighted by Gasteiger charge is 2.19. The van der Waals surface area contributed by atoms with Crippen molar-refractivity contribution in [2.75, 3.05) is 26.3 Å². The number of fused-ring (bicyclic) bond motifs is 1. The molecule has 1 fully saturated rings. The van der Waals surface area contributed by atoms with Crippen LogP contribution in [0.4, 0.5) is 0 Å². The molecule has 1 aliphatic heterocycles. The van der Waals surface area contributed by atoms with Crippen molar-refractivity contribution in [2.24, 2.45) is 5.92 Å². The second-order valence-electron chi connectivity index (χ2n) is 6.38. The maximum absolute atomic E-state index is 5.85. The lowest BCUT2D eigenvalue weighted by Gasteiger charge is -2.22. The van der Waals surface area contributed by atoms with Gasteiger partial charge < -0.3 is 4.74 Å². The van der Waals surface area contributed by atoms with Gasteiger partial charge in [-0.25, -0.2) is 0 Å². The van der Waals surface area contributed by atoms with Crippen LogP contribution in [-0.4, -0.2) is 41.2 Å². The minimum atomic E-state index is 0.523. The van der Waals surface area contributed by atoms with Crippen LogP contribution in [0.1, 0.15) is 10.4 Å². The van der Waals surface area contributed by atoms with E-state index in [1.807, 2.05) is 24.0 Å². The molecule has 3 aromatic rings. The molecule has 0 aliphatic carbocycles. The van der Waals surface area contributed by atoms with Crippen LogP contribution in [0.2, 0.25) is 0 Å². The van der Waals surface area contributed by atoms with Gasteiger partial charge >= 0.3 is 0 Å². The lowest BCUT2D eigenvalue weighted by atomic mass is 9.98. The van der Waals surface area contributed by atoms with Gasteiger partial charge in [0.05, 0.1) is 24.2 Å². The molecule has 4 nitrogen and oxygen atoms in total. The monoisotopic (exact) mass is 339 g/mol. The van der Waals surface area contributed by atoms with Crippen molar-refractivity contribution < 1.29 is 4.74 Å². The van der Waals surface area contributed by atoms with Crippen LogP contribution in [0.15, 0.2) is 48.2 Å². The van der Waals surface area contributed by atoms with Crippen LogP contribution in [0, 0.1) is 5.92 Å². The van der Waals surface area contributed by atoms with E-state index in [0.717, 1.165) is 44.8 Å². The van der Waals surface area contributed by atoms with E-state index < -0.39 is 0 Å². The Hall–Kier alpha value is -1.82. The highest BCUT2D eigenvalue weighted by molar-refractivity contribution is 7.09. The summed E-state index contributed by atoms with van der Waals surface area (Å²) < 4.78 is 5.85. The molecular weight excluding hydrogens is 318 g/mol. The van der Waals surface area contributed by atoms with Crippen molar-refractivity contribution in [3.63, 3.8) is 0 Å². The average Bonchev–Trinajstić information content (AvgIpc) is 3.01. The molecule has 0 radical (unpaired) electrons. The van der Waals surface area contributed by atoms with Gasteiger partial charge in [-0.15, -0.1) is 11.3 Å². The third-order valence-electron chi connectivity index (χ3n) is 4.48. The number of nitrogens with zero attached hydrogens (tertiary/aromatic N) is 3. The van der Waals surface area contributed by atoms with Crippen molar-refractivity contribution in [2.45, 2.75) is 13.0 Å². The summed E-state index contributed by atoms with van der Waals surface area (Å²) in [7, 11) is 0. The summed E-state index contributed by atoms with van der Waals surface area (Å²) in [5, 5.41) is 1.21. The van der Waals surface area contributed by atoms with Gasteiger partial charge in [-0.05, 0) is 36.1 Å². The summed E-state index contributed by atoms with van der Waals surface area (Å²) in [4.78, 5) is 12.4. The quantitative estimate of drug-likeness (QED) is 0.730. The molecule has 0 amide bonds. The fourth-order valence-electron chi connectivity index (χ4n) is 3.35. The molecule has 3 heterocycles. The second kappa shape index (κ2) is 7.38. The Bertz CT molecular complexity index is 790. The molecule has 1 aromatic carbocycles. The summed E-state index contributed by atoms with van der Waals surface area (Å²) >= 11 is 1.73. The SMILES string of the molecule is c1cnc2ccc(C[C@@H]3COCCN(Cc4cncs4)C3)cc2c1. The van der Waals surface area contributed by atoms with Crippen LogP contribution in [0.5, 0.6) is 0 Å². The number of pyridine rings is 1. The topological polar surface area (TPSA) is 38.2 Å². The van der Waals surface area contributed by atoms with Crippen molar-refractivity contribution in [3.05, 3.63) is 58.7 Å². The standard InChI is InChI=1S/C19H21N3OS/c1-2-17-9-15(3-4-19(17)21-5-1)8-16-11-22(6-7-23-13-16)12-18-10-20-14-24-18/h1-5,9-10,14,16H,6-8,11-13H2/t16-/m0/s1. The molecule has 0 spiro atoms. The zero-order valence-electron chi connectivity index (χ0n) is 13.6. The van der Waals surface area contributed by atoms with E-state index >= 15 is 0 Å². The van der Waals surface area contributed by atoms with Gasteiger partial charge in [0, 0.05) is 42.3 Å². The molecule has 124 valence electrons. The summed E-state index contributed by atoms with van der Waals surface area (Å²) in [5.41, 5.74) is 4.33. The maximum Gasteiger partial charge on any atom is 0.0794 e. The van der Waals surface area contributed by atoms with E-state index in [1.54, 1.807) is 11.3 Å². The van der Waals surface area contributed by atoms with Crippen molar-refractivity contribution in [3.8, 4) is 0 Å². The second-order valence-corrected chi connectivity index (χ2v) is 7.35. The fraction of sp³-hybridized carbons (Fsp3) is 0.368. The highest BCUT2D eigenvalue weighted by atomic mass is 32.1. The predicted octanol–water partition coefficient (Wildman–Crippen LogP) is 3.38. The van der Waals surface area contributed by atoms with Gasteiger partial charge in [0.1, 0.15) is 0 Å². The fourth-order valence-corrected chi connectivity index (χ4v) is 3.98. The Morgan fingerprint density at radius 3 is 3.21 bits per heavy atom. The molecule has 1 aliphatic rings. The van der Waals surface area contributed by atoms with Gasteiger partial charge in [0.15, 0.2) is 0 Å². The van der Waals surface area contributed by atoms with Gasteiger partial charge in [-0.1, -0.05) is 12.1 Å². The summed E-state index contributed by atoms with van der Waals surface area (Å²) in [5.74, 6) is 0.523. The number of thiazole rings is 1. The van der Waals surface area contributed by atoms with E-state index in [-0.39, 0.29) is 0 Å². The average molecular weight is 339 g/mol. The molecule has 1 saturated heterocycles. The first kappa shape index (κ1) is 15.7. The Morgan fingerprint density at radius 2 is 2.29 bits per heavy atom. The van der Waals surface area contributed by atoms with Gasteiger partial charge in [0.25, 0.3) is 0 Å². The molecule has 2 aromatic heterocycles. The molecular formula is C19H21N3OS. The molecule has 0 N–H and O–H groups in total. The zero-order valence-corrected chi connectivity index (χ0v) is 14.4. The van der Waals surface area contributed by atoms with E-state index in [9.17, 15) is 0 Å². The molecule has 5 heteroatoms. The van der Waals surface area contributed by atoms with E-state index in [0.29, 0.717) is 5.92 Å². The first-order valence-electron chi connectivity index (χ1n) is 8.38. The number of rotatable bonds is 4. The first-order valence-corrected chi connectivity index (χ1v) is 9.26. The van der Waals surface area contributed by atoms with E-state index in [2.05, 4.69) is 39.1 Å². The van der Waals surface area contributed by atoms with Crippen LogP contribution in [-0.2, 0) is 17.7 Å². The third kappa shape index (κ3) is 3.80. The summed E-state index contributed by atoms with van der Waals surface area (Å²) in [6, 6.07) is 10.7. The molecule has 0 unspecified atom stereocenters. The first-order chi connectivity index (χ1) is 11.9. The van der Waals surface area contributed by atoms with Gasteiger partial charge in [0.2, 0.25) is 0 Å². The van der Waals surface area contributed by atoms with Crippen molar-refractivity contribution in [1.82, 2.24) is 14.9 Å². The number of benzene rings is 1. The van der Waals surface area contributed by atoms with Crippen LogP contribution in [0.3, 0.4) is 0 Å². The molecule has 24 heavy (non-hydrogen) atoms. The minimum absolute atomic E-state index is 0.523. The van der Waals surface area contributed by atoms with Gasteiger partial charge in [-0.3, -0.25) is 14.9 Å². The number of hydrogen-bond donors (Lipinski definition) is 0. The van der Waals surface area contributed by atoms with E-state index in [1.165, 1.54) is 15.8 Å². The smallest absolute Gasteiger partial charge is 0.0794 e. The van der Waals surface area contributed by atoms with Crippen LogP contribution >= 0.6 is 11.3 Å².